The second-order valence-corrected chi connectivity index (χ2v) is 7.59. The third-order valence-corrected chi connectivity index (χ3v) is 5.02. The van der Waals surface area contributed by atoms with Crippen LogP contribution in [-0.4, -0.2) is 35.6 Å². The molecule has 0 heterocycles. The molecule has 1 unspecified atom stereocenters. The summed E-state index contributed by atoms with van der Waals surface area (Å²) >= 11 is 0. The van der Waals surface area contributed by atoms with E-state index in [1.807, 2.05) is 26.0 Å². The number of ether oxygens (including phenoxy) is 1. The van der Waals surface area contributed by atoms with Crippen molar-refractivity contribution in [3.8, 4) is 0 Å². The number of allylic oxidation sites excluding steroid dienone is 4. The number of amides is 1. The summed E-state index contributed by atoms with van der Waals surface area (Å²) in [4.78, 5) is 34.9. The molecule has 0 bridgehead atoms. The van der Waals surface area contributed by atoms with Gasteiger partial charge in [-0.3, -0.25) is 14.4 Å². The van der Waals surface area contributed by atoms with Crippen molar-refractivity contribution in [3.63, 3.8) is 0 Å². The molecule has 0 fully saturated rings. The van der Waals surface area contributed by atoms with Crippen molar-refractivity contribution < 1.29 is 24.2 Å². The molecule has 0 aliphatic heterocycles. The molecular weight excluding hydrogens is 406 g/mol. The van der Waals surface area contributed by atoms with Crippen molar-refractivity contribution in [3.05, 3.63) is 53.6 Å². The molecule has 2 N–H and O–H groups in total. The standard InChI is InChI=1S/C24H31NO5.C2H6/c1-3-30-24(29)17(2)15-21(25-22(26)13-14-23(27)28)16-18-9-11-20(12-10-18)19-7-5-4-6-8-19;1-2/h5,7-12,17,21H,3-4,6,13-16H2,1-2H3,(H,25,26)(H,27,28);1-2H3/t17?,21-;/m0./s1. The second kappa shape index (κ2) is 15.0. The van der Waals surface area contributed by atoms with Crippen LogP contribution in [0, 0.1) is 5.92 Å². The Balaban J connectivity index is 0.00000249. The fraction of sp³-hybridized carbons (Fsp3) is 0.500. The van der Waals surface area contributed by atoms with Crippen molar-refractivity contribution in [2.24, 2.45) is 5.92 Å². The van der Waals surface area contributed by atoms with Gasteiger partial charge in [0.25, 0.3) is 0 Å². The summed E-state index contributed by atoms with van der Waals surface area (Å²) in [7, 11) is 0. The molecule has 1 aromatic carbocycles. The molecule has 0 aromatic heterocycles. The van der Waals surface area contributed by atoms with Gasteiger partial charge in [0.2, 0.25) is 5.91 Å². The van der Waals surface area contributed by atoms with E-state index >= 15 is 0 Å². The van der Waals surface area contributed by atoms with E-state index < -0.39 is 5.97 Å². The zero-order valence-corrected chi connectivity index (χ0v) is 19.7. The summed E-state index contributed by atoms with van der Waals surface area (Å²) < 4.78 is 5.08. The number of carbonyl (C=O) groups excluding carboxylic acids is 2. The minimum absolute atomic E-state index is 0.0843. The van der Waals surface area contributed by atoms with Gasteiger partial charge < -0.3 is 15.2 Å². The lowest BCUT2D eigenvalue weighted by molar-refractivity contribution is -0.148. The van der Waals surface area contributed by atoms with Gasteiger partial charge in [-0.25, -0.2) is 0 Å². The second-order valence-electron chi connectivity index (χ2n) is 7.59. The van der Waals surface area contributed by atoms with Crippen molar-refractivity contribution in [2.45, 2.75) is 72.3 Å². The minimum Gasteiger partial charge on any atom is -0.481 e. The zero-order valence-electron chi connectivity index (χ0n) is 19.7. The highest BCUT2D eigenvalue weighted by Gasteiger charge is 2.22. The number of carbonyl (C=O) groups is 3. The van der Waals surface area contributed by atoms with E-state index in [1.165, 1.54) is 5.57 Å². The van der Waals surface area contributed by atoms with Gasteiger partial charge in [0.05, 0.1) is 18.9 Å². The fourth-order valence-electron chi connectivity index (χ4n) is 3.47. The highest BCUT2D eigenvalue weighted by Crippen LogP contribution is 2.22. The molecule has 6 nitrogen and oxygen atoms in total. The predicted molar refractivity (Wildman–Crippen MR) is 127 cm³/mol. The highest BCUT2D eigenvalue weighted by atomic mass is 16.5. The van der Waals surface area contributed by atoms with Crippen LogP contribution >= 0.6 is 0 Å². The lowest BCUT2D eigenvalue weighted by atomic mass is 9.94. The SMILES string of the molecule is CC.CCOC(=O)C(C)C[C@@H](Cc1ccc(C2=CCCC=C2)cc1)NC(=O)CCC(=O)O. The van der Waals surface area contributed by atoms with E-state index in [9.17, 15) is 14.4 Å². The summed E-state index contributed by atoms with van der Waals surface area (Å²) in [6.07, 6.45) is 9.32. The number of rotatable bonds is 11. The lowest BCUT2D eigenvalue weighted by Gasteiger charge is -2.22. The molecular formula is C26H37NO5. The zero-order chi connectivity index (χ0) is 23.9. The number of esters is 1. The summed E-state index contributed by atoms with van der Waals surface area (Å²) in [6.45, 7) is 7.85. The molecule has 176 valence electrons. The van der Waals surface area contributed by atoms with E-state index in [4.69, 9.17) is 9.84 Å². The molecule has 1 aliphatic carbocycles. The average Bonchev–Trinajstić information content (AvgIpc) is 2.80. The van der Waals surface area contributed by atoms with Crippen LogP contribution in [0.15, 0.2) is 42.5 Å². The largest absolute Gasteiger partial charge is 0.481 e. The molecule has 0 radical (unpaired) electrons. The normalized spacial score (nSPS) is 14.3. The summed E-state index contributed by atoms with van der Waals surface area (Å²) in [5.74, 6) is -2.00. The Morgan fingerprint density at radius 2 is 1.78 bits per heavy atom. The number of benzene rings is 1. The maximum absolute atomic E-state index is 12.2. The lowest BCUT2D eigenvalue weighted by Crippen LogP contribution is -2.39. The third-order valence-electron chi connectivity index (χ3n) is 5.02. The van der Waals surface area contributed by atoms with Gasteiger partial charge in [0.15, 0.2) is 0 Å². The van der Waals surface area contributed by atoms with Gasteiger partial charge >= 0.3 is 11.9 Å². The first-order valence-electron chi connectivity index (χ1n) is 11.5. The first kappa shape index (κ1) is 27.1. The van der Waals surface area contributed by atoms with E-state index in [0.717, 1.165) is 24.0 Å². The molecule has 0 saturated heterocycles. The highest BCUT2D eigenvalue weighted by molar-refractivity contribution is 5.81. The number of carboxylic acid groups (broad SMARTS) is 1. The van der Waals surface area contributed by atoms with E-state index in [0.29, 0.717) is 19.4 Å². The molecule has 1 aromatic rings. The summed E-state index contributed by atoms with van der Waals surface area (Å²) in [5, 5.41) is 11.7. The predicted octanol–water partition coefficient (Wildman–Crippen LogP) is 4.93. The average molecular weight is 444 g/mol. The fourth-order valence-corrected chi connectivity index (χ4v) is 3.47. The summed E-state index contributed by atoms with van der Waals surface area (Å²) in [5.41, 5.74) is 3.40. The molecule has 6 heteroatoms. The quantitative estimate of drug-likeness (QED) is 0.473. The maximum atomic E-state index is 12.2. The molecule has 1 aliphatic rings. The van der Waals surface area contributed by atoms with Crippen LogP contribution in [0.5, 0.6) is 0 Å². The Bertz CT molecular complexity index is 795. The summed E-state index contributed by atoms with van der Waals surface area (Å²) in [6, 6.07) is 7.91. The topological polar surface area (TPSA) is 92.7 Å². The minimum atomic E-state index is -1.01. The van der Waals surface area contributed by atoms with Gasteiger partial charge in [0.1, 0.15) is 0 Å². The molecule has 2 atom stereocenters. The van der Waals surface area contributed by atoms with Crippen LogP contribution in [0.3, 0.4) is 0 Å². The van der Waals surface area contributed by atoms with Crippen LogP contribution < -0.4 is 5.32 Å². The molecule has 0 spiro atoms. The van der Waals surface area contributed by atoms with Gasteiger partial charge in [-0.15, -0.1) is 0 Å². The van der Waals surface area contributed by atoms with E-state index in [2.05, 4.69) is 35.7 Å². The van der Waals surface area contributed by atoms with Crippen molar-refractivity contribution >= 4 is 23.4 Å². The number of hydrogen-bond acceptors (Lipinski definition) is 4. The van der Waals surface area contributed by atoms with Crippen LogP contribution in [0.4, 0.5) is 0 Å². The molecule has 2 rings (SSSR count). The van der Waals surface area contributed by atoms with Gasteiger partial charge in [0, 0.05) is 12.5 Å². The Kier molecular flexibility index (Phi) is 12.7. The van der Waals surface area contributed by atoms with Crippen molar-refractivity contribution in [1.29, 1.82) is 0 Å². The first-order valence-corrected chi connectivity index (χ1v) is 11.5. The number of hydrogen-bond donors (Lipinski definition) is 2. The van der Waals surface area contributed by atoms with E-state index in [1.54, 1.807) is 13.8 Å². The maximum Gasteiger partial charge on any atom is 0.308 e. The number of aliphatic carboxylic acids is 1. The Morgan fingerprint density at radius 1 is 1.09 bits per heavy atom. The van der Waals surface area contributed by atoms with Crippen LogP contribution in [0.1, 0.15) is 70.9 Å². The van der Waals surface area contributed by atoms with Crippen LogP contribution in [0.2, 0.25) is 0 Å². The van der Waals surface area contributed by atoms with E-state index in [-0.39, 0.29) is 36.7 Å². The Hall–Kier alpha value is -2.89. The van der Waals surface area contributed by atoms with Crippen molar-refractivity contribution in [2.75, 3.05) is 6.61 Å². The van der Waals surface area contributed by atoms with Gasteiger partial charge in [-0.05, 0) is 49.3 Å². The van der Waals surface area contributed by atoms with Crippen molar-refractivity contribution in [1.82, 2.24) is 5.32 Å². The first-order chi connectivity index (χ1) is 15.4. The Labute approximate surface area is 191 Å². The van der Waals surface area contributed by atoms with Crippen LogP contribution in [-0.2, 0) is 25.5 Å². The Morgan fingerprint density at radius 3 is 2.34 bits per heavy atom. The molecule has 1 amide bonds. The van der Waals surface area contributed by atoms with Gasteiger partial charge in [-0.2, -0.15) is 0 Å². The number of nitrogens with one attached hydrogen (secondary N) is 1. The molecule has 0 saturated carbocycles. The number of carboxylic acids is 1. The molecule has 32 heavy (non-hydrogen) atoms. The third kappa shape index (κ3) is 9.94. The smallest absolute Gasteiger partial charge is 0.308 e. The van der Waals surface area contributed by atoms with Gasteiger partial charge in [-0.1, -0.05) is 63.3 Å². The monoisotopic (exact) mass is 443 g/mol. The van der Waals surface area contributed by atoms with Crippen LogP contribution in [0.25, 0.3) is 5.57 Å².